The number of rotatable bonds is 6. The van der Waals surface area contributed by atoms with E-state index in [0.29, 0.717) is 38.7 Å². The van der Waals surface area contributed by atoms with Crippen LogP contribution in [0.1, 0.15) is 5.56 Å². The van der Waals surface area contributed by atoms with Gasteiger partial charge in [-0.1, -0.05) is 29.8 Å². The van der Waals surface area contributed by atoms with Crippen molar-refractivity contribution in [2.75, 3.05) is 15.4 Å². The summed E-state index contributed by atoms with van der Waals surface area (Å²) in [6, 6.07) is 16.4. The zero-order chi connectivity index (χ0) is 26.9. The van der Waals surface area contributed by atoms with E-state index in [-0.39, 0.29) is 11.5 Å². The van der Waals surface area contributed by atoms with E-state index in [0.717, 1.165) is 6.07 Å². The van der Waals surface area contributed by atoms with Crippen LogP contribution in [-0.4, -0.2) is 34.6 Å². The molecule has 3 aromatic carbocycles. The van der Waals surface area contributed by atoms with Crippen molar-refractivity contribution in [2.24, 2.45) is 0 Å². The van der Waals surface area contributed by atoms with E-state index < -0.39 is 26.8 Å². The van der Waals surface area contributed by atoms with Crippen LogP contribution < -0.4 is 15.4 Å². The monoisotopic (exact) mass is 551 g/mol. The van der Waals surface area contributed by atoms with Crippen molar-refractivity contribution >= 4 is 56.0 Å². The Bertz CT molecular complexity index is 1760. The molecule has 2 amide bonds. The number of halogens is 2. The quantitative estimate of drug-likeness (QED) is 0.217. The molecule has 13 heteroatoms. The third-order valence-electron chi connectivity index (χ3n) is 5.41. The fourth-order valence-electron chi connectivity index (χ4n) is 3.57. The van der Waals surface area contributed by atoms with Crippen LogP contribution in [0.2, 0.25) is 5.02 Å². The first-order valence-electron chi connectivity index (χ1n) is 11.1. The van der Waals surface area contributed by atoms with Gasteiger partial charge in [-0.25, -0.2) is 27.6 Å². The number of benzene rings is 3. The maximum absolute atomic E-state index is 14.1. The largest absolute Gasteiger partial charge is 0.324 e. The summed E-state index contributed by atoms with van der Waals surface area (Å²) in [5.41, 5.74) is 3.24. The zero-order valence-electron chi connectivity index (χ0n) is 19.7. The number of amides is 2. The van der Waals surface area contributed by atoms with Gasteiger partial charge in [0.15, 0.2) is 17.0 Å². The van der Waals surface area contributed by atoms with Gasteiger partial charge in [0.2, 0.25) is 0 Å². The predicted octanol–water partition coefficient (Wildman–Crippen LogP) is 5.57. The molecule has 38 heavy (non-hydrogen) atoms. The van der Waals surface area contributed by atoms with Gasteiger partial charge >= 0.3 is 6.03 Å². The summed E-state index contributed by atoms with van der Waals surface area (Å²) in [6.07, 6.45) is 1.50. The van der Waals surface area contributed by atoms with E-state index in [1.165, 1.54) is 30.5 Å². The lowest BCUT2D eigenvalue weighted by Gasteiger charge is -2.10. The van der Waals surface area contributed by atoms with Gasteiger partial charge in [-0.3, -0.25) is 15.1 Å². The number of carbonyl (C=O) groups is 1. The number of urea groups is 1. The number of hydrogen-bond acceptors (Lipinski definition) is 6. The van der Waals surface area contributed by atoms with Crippen molar-refractivity contribution in [2.45, 2.75) is 11.8 Å². The van der Waals surface area contributed by atoms with Crippen LogP contribution in [0.15, 0.2) is 77.8 Å². The number of aromatic amines is 1. The first-order valence-corrected chi connectivity index (χ1v) is 13.0. The predicted molar refractivity (Wildman–Crippen MR) is 143 cm³/mol. The van der Waals surface area contributed by atoms with Gasteiger partial charge < -0.3 is 5.32 Å². The average Bonchev–Trinajstić information content (AvgIpc) is 3.28. The number of fused-ring (bicyclic) bond motifs is 1. The van der Waals surface area contributed by atoms with E-state index in [2.05, 4.69) is 35.5 Å². The fraction of sp³-hybridized carbons (Fsp3) is 0.0400. The molecular weight excluding hydrogens is 533 g/mol. The number of aryl methyl sites for hydroxylation is 1. The smallest absolute Gasteiger partial charge is 0.308 e. The van der Waals surface area contributed by atoms with Crippen LogP contribution >= 0.6 is 11.6 Å². The highest BCUT2D eigenvalue weighted by molar-refractivity contribution is 7.92. The lowest BCUT2D eigenvalue weighted by atomic mass is 10.1. The lowest BCUT2D eigenvalue weighted by molar-refractivity contribution is 0.262. The molecule has 0 aliphatic carbocycles. The molecule has 0 aliphatic rings. The summed E-state index contributed by atoms with van der Waals surface area (Å²) >= 11 is 5.85. The Labute approximate surface area is 221 Å². The molecule has 0 bridgehead atoms. The van der Waals surface area contributed by atoms with E-state index in [9.17, 15) is 17.6 Å². The number of nitrogens with one attached hydrogen (secondary N) is 4. The molecule has 5 aromatic rings. The molecule has 0 atom stereocenters. The molecule has 0 spiro atoms. The van der Waals surface area contributed by atoms with Crippen LogP contribution in [0.5, 0.6) is 0 Å². The first-order chi connectivity index (χ1) is 18.2. The summed E-state index contributed by atoms with van der Waals surface area (Å²) in [4.78, 5) is 20.7. The van der Waals surface area contributed by atoms with Crippen molar-refractivity contribution in [1.82, 2.24) is 20.2 Å². The van der Waals surface area contributed by atoms with Crippen molar-refractivity contribution in [1.29, 1.82) is 0 Å². The summed E-state index contributed by atoms with van der Waals surface area (Å²) in [6.45, 7) is 1.68. The number of sulfonamides is 1. The number of nitrogens with zero attached hydrogens (tertiary/aromatic N) is 3. The molecule has 0 unspecified atom stereocenters. The standard InChI is InChI=1S/C25H19ClFN7O3S/c1-14-2-11-19(27)21(12-14)38(36,37)34-18-7-3-15(4-8-18)20-13-28-22-23(30-20)32-33-24(22)31-25(35)29-17-9-5-16(26)6-10-17/h2-13,34H,1H3,(H3,29,30,31,32,33,35). The molecule has 2 heterocycles. The van der Waals surface area contributed by atoms with Crippen LogP contribution in [-0.2, 0) is 10.0 Å². The Balaban J connectivity index is 1.30. The van der Waals surface area contributed by atoms with Crippen molar-refractivity contribution in [3.63, 3.8) is 0 Å². The highest BCUT2D eigenvalue weighted by atomic mass is 35.5. The van der Waals surface area contributed by atoms with Gasteiger partial charge in [-0.15, -0.1) is 0 Å². The van der Waals surface area contributed by atoms with E-state index >= 15 is 0 Å². The van der Waals surface area contributed by atoms with E-state index in [1.54, 1.807) is 43.3 Å². The van der Waals surface area contributed by atoms with E-state index in [4.69, 9.17) is 11.6 Å². The van der Waals surface area contributed by atoms with Crippen LogP contribution in [0.4, 0.5) is 26.4 Å². The molecule has 2 aromatic heterocycles. The molecule has 4 N–H and O–H groups in total. The Morgan fingerprint density at radius 3 is 2.42 bits per heavy atom. The second-order valence-electron chi connectivity index (χ2n) is 8.23. The maximum Gasteiger partial charge on any atom is 0.324 e. The Morgan fingerprint density at radius 1 is 0.974 bits per heavy atom. The second-order valence-corrected chi connectivity index (χ2v) is 10.3. The molecule has 0 saturated heterocycles. The molecule has 192 valence electrons. The van der Waals surface area contributed by atoms with Crippen molar-refractivity contribution in [3.8, 4) is 11.3 Å². The van der Waals surface area contributed by atoms with Crippen molar-refractivity contribution < 1.29 is 17.6 Å². The first kappa shape index (κ1) is 25.1. The number of anilines is 3. The van der Waals surface area contributed by atoms with Crippen LogP contribution in [0, 0.1) is 12.7 Å². The minimum atomic E-state index is -4.11. The maximum atomic E-state index is 14.1. The Hall–Kier alpha value is -4.55. The molecule has 10 nitrogen and oxygen atoms in total. The van der Waals surface area contributed by atoms with Crippen LogP contribution in [0.25, 0.3) is 22.4 Å². The van der Waals surface area contributed by atoms with Gasteiger partial charge in [0, 0.05) is 22.0 Å². The fourth-order valence-corrected chi connectivity index (χ4v) is 4.92. The topological polar surface area (TPSA) is 142 Å². The van der Waals surface area contributed by atoms with Gasteiger partial charge in [0.25, 0.3) is 10.0 Å². The van der Waals surface area contributed by atoms with E-state index in [1.807, 2.05) is 0 Å². The molecule has 5 rings (SSSR count). The summed E-state index contributed by atoms with van der Waals surface area (Å²) < 4.78 is 41.8. The van der Waals surface area contributed by atoms with Crippen molar-refractivity contribution in [3.05, 3.63) is 89.3 Å². The minimum absolute atomic E-state index is 0.193. The third-order valence-corrected chi connectivity index (χ3v) is 7.06. The molecular formula is C25H19ClFN7O3S. The Morgan fingerprint density at radius 2 is 1.68 bits per heavy atom. The molecule has 0 saturated carbocycles. The number of hydrogen-bond donors (Lipinski definition) is 4. The average molecular weight is 552 g/mol. The molecule has 0 aliphatic heterocycles. The third kappa shape index (κ3) is 5.41. The number of H-pyrrole nitrogens is 1. The number of aromatic nitrogens is 4. The normalized spacial score (nSPS) is 11.3. The summed E-state index contributed by atoms with van der Waals surface area (Å²) in [5, 5.41) is 12.6. The van der Waals surface area contributed by atoms with Gasteiger partial charge in [0.1, 0.15) is 10.7 Å². The highest BCUT2D eigenvalue weighted by Crippen LogP contribution is 2.25. The zero-order valence-corrected chi connectivity index (χ0v) is 21.2. The van der Waals surface area contributed by atoms with Gasteiger partial charge in [0.05, 0.1) is 11.9 Å². The SMILES string of the molecule is Cc1ccc(F)c(S(=O)(=O)Nc2ccc(-c3cnc4c(NC(=O)Nc5ccc(Cl)cc5)n[nH]c4n3)cc2)c1. The minimum Gasteiger partial charge on any atom is -0.308 e. The molecule has 0 fully saturated rings. The second kappa shape index (κ2) is 10.1. The summed E-state index contributed by atoms with van der Waals surface area (Å²) in [7, 11) is -4.11. The van der Waals surface area contributed by atoms with Gasteiger partial charge in [-0.05, 0) is 61.0 Å². The highest BCUT2D eigenvalue weighted by Gasteiger charge is 2.19. The number of carbonyl (C=O) groups excluding carboxylic acids is 1. The summed E-state index contributed by atoms with van der Waals surface area (Å²) in [5.74, 6) is -0.641. The Kier molecular flexibility index (Phi) is 6.66. The van der Waals surface area contributed by atoms with Gasteiger partial charge in [-0.2, -0.15) is 5.10 Å². The van der Waals surface area contributed by atoms with Crippen LogP contribution in [0.3, 0.4) is 0 Å². The molecule has 0 radical (unpaired) electrons. The lowest BCUT2D eigenvalue weighted by Crippen LogP contribution is -2.19.